The number of likely N-dealkylation sites (tertiary alicyclic amines) is 1. The van der Waals surface area contributed by atoms with Gasteiger partial charge in [0.15, 0.2) is 0 Å². The molecule has 0 spiro atoms. The van der Waals surface area contributed by atoms with Crippen LogP contribution in [0.5, 0.6) is 0 Å². The summed E-state index contributed by atoms with van der Waals surface area (Å²) in [5, 5.41) is 7.53. The topological polar surface area (TPSA) is 84.2 Å². The highest BCUT2D eigenvalue weighted by Crippen LogP contribution is 2.20. The summed E-state index contributed by atoms with van der Waals surface area (Å²) in [6, 6.07) is 1.67. The molecule has 2 aliphatic rings. The van der Waals surface area contributed by atoms with Crippen molar-refractivity contribution in [3.63, 3.8) is 0 Å². The fraction of sp³-hybridized carbons (Fsp3) is 0.471. The van der Waals surface area contributed by atoms with E-state index in [9.17, 15) is 9.59 Å². The number of aromatic nitrogens is 4. The Morgan fingerprint density at radius 2 is 2.16 bits per heavy atom. The molecular weight excluding hydrogens is 320 g/mol. The van der Waals surface area contributed by atoms with Gasteiger partial charge in [-0.3, -0.25) is 9.59 Å². The third-order valence-corrected chi connectivity index (χ3v) is 4.84. The van der Waals surface area contributed by atoms with E-state index in [1.807, 2.05) is 11.1 Å². The molecule has 25 heavy (non-hydrogen) atoms. The molecule has 0 aliphatic carbocycles. The first kappa shape index (κ1) is 15.7. The molecule has 2 aromatic rings. The van der Waals surface area contributed by atoms with E-state index in [-0.39, 0.29) is 17.7 Å². The predicted molar refractivity (Wildman–Crippen MR) is 88.3 cm³/mol. The number of amides is 2. The second kappa shape index (κ2) is 6.62. The normalized spacial score (nSPS) is 20.5. The van der Waals surface area contributed by atoms with Crippen LogP contribution in [0.2, 0.25) is 0 Å². The van der Waals surface area contributed by atoms with Gasteiger partial charge in [-0.25, -0.2) is 4.98 Å². The Morgan fingerprint density at radius 3 is 2.92 bits per heavy atom. The van der Waals surface area contributed by atoms with Gasteiger partial charge < -0.3 is 14.4 Å². The lowest BCUT2D eigenvalue weighted by molar-refractivity contribution is -0.128. The molecule has 2 aromatic heterocycles. The van der Waals surface area contributed by atoms with E-state index in [1.54, 1.807) is 17.2 Å². The van der Waals surface area contributed by atoms with Gasteiger partial charge >= 0.3 is 0 Å². The summed E-state index contributed by atoms with van der Waals surface area (Å²) in [6.07, 6.45) is 8.26. The van der Waals surface area contributed by atoms with Gasteiger partial charge in [-0.1, -0.05) is 0 Å². The minimum atomic E-state index is -0.0795. The maximum Gasteiger partial charge on any atom is 0.255 e. The Labute approximate surface area is 145 Å². The Bertz CT molecular complexity index is 774. The number of hydrogen-bond donors (Lipinski definition) is 0. The molecule has 4 rings (SSSR count). The van der Waals surface area contributed by atoms with Gasteiger partial charge in [-0.05, 0) is 12.5 Å². The van der Waals surface area contributed by atoms with Gasteiger partial charge in [0.05, 0.1) is 24.5 Å². The van der Waals surface area contributed by atoms with Crippen LogP contribution in [-0.2, 0) is 17.9 Å². The Hall–Kier alpha value is -2.77. The van der Waals surface area contributed by atoms with Crippen molar-refractivity contribution in [2.75, 3.05) is 19.6 Å². The van der Waals surface area contributed by atoms with Crippen molar-refractivity contribution >= 4 is 11.8 Å². The number of carbonyl (C=O) groups excluding carboxylic acids is 2. The van der Waals surface area contributed by atoms with Crippen LogP contribution in [0, 0.1) is 5.92 Å². The number of carbonyl (C=O) groups is 2. The summed E-state index contributed by atoms with van der Waals surface area (Å²) in [5.74, 6) is 1.18. The Balaban J connectivity index is 1.57. The number of nitrogens with zero attached hydrogens (tertiary/aromatic N) is 6. The maximum atomic E-state index is 12.9. The van der Waals surface area contributed by atoms with E-state index in [0.29, 0.717) is 31.6 Å². The third-order valence-electron chi connectivity index (χ3n) is 4.84. The van der Waals surface area contributed by atoms with Crippen LogP contribution in [0.3, 0.4) is 0 Å². The number of hydrogen-bond acceptors (Lipinski definition) is 5. The van der Waals surface area contributed by atoms with Gasteiger partial charge in [0.1, 0.15) is 5.82 Å². The van der Waals surface area contributed by atoms with E-state index < -0.39 is 0 Å². The van der Waals surface area contributed by atoms with Crippen molar-refractivity contribution in [2.24, 2.45) is 5.92 Å². The quantitative estimate of drug-likeness (QED) is 0.815. The maximum absolute atomic E-state index is 12.9. The summed E-state index contributed by atoms with van der Waals surface area (Å²) in [6.45, 7) is 3.30. The number of imidazole rings is 1. The largest absolute Gasteiger partial charge is 0.342 e. The summed E-state index contributed by atoms with van der Waals surface area (Å²) in [7, 11) is 0. The highest BCUT2D eigenvalue weighted by atomic mass is 16.2. The van der Waals surface area contributed by atoms with Crippen molar-refractivity contribution in [1.29, 1.82) is 0 Å². The molecule has 8 nitrogen and oxygen atoms in total. The van der Waals surface area contributed by atoms with Crippen molar-refractivity contribution in [3.05, 3.63) is 42.2 Å². The first-order valence-corrected chi connectivity index (χ1v) is 8.54. The van der Waals surface area contributed by atoms with Gasteiger partial charge in [-0.2, -0.15) is 10.2 Å². The highest BCUT2D eigenvalue weighted by Gasteiger charge is 2.30. The van der Waals surface area contributed by atoms with Gasteiger partial charge in [0.2, 0.25) is 5.91 Å². The molecule has 1 saturated heterocycles. The summed E-state index contributed by atoms with van der Waals surface area (Å²) in [5.41, 5.74) is 0.519. The summed E-state index contributed by atoms with van der Waals surface area (Å²) in [4.78, 5) is 33.0. The van der Waals surface area contributed by atoms with Crippen LogP contribution >= 0.6 is 0 Å². The van der Waals surface area contributed by atoms with E-state index in [1.165, 1.54) is 12.4 Å². The van der Waals surface area contributed by atoms with Crippen molar-refractivity contribution < 1.29 is 9.59 Å². The molecule has 0 aromatic carbocycles. The number of rotatable bonds is 3. The molecule has 2 aliphatic heterocycles. The van der Waals surface area contributed by atoms with Crippen LogP contribution in [-0.4, -0.2) is 61.0 Å². The second-order valence-electron chi connectivity index (χ2n) is 6.62. The van der Waals surface area contributed by atoms with Crippen LogP contribution in [0.25, 0.3) is 0 Å². The van der Waals surface area contributed by atoms with Crippen LogP contribution in [0.4, 0.5) is 0 Å². The molecular formula is C17H20N6O2. The number of fused-ring (bicyclic) bond motifs is 1. The molecule has 4 heterocycles. The zero-order valence-electron chi connectivity index (χ0n) is 13.9. The average molecular weight is 340 g/mol. The molecule has 0 N–H and O–H groups in total. The SMILES string of the molecule is O=C1CCCN1CC1CN(C(=O)c2ccnnc2)Cc2nccn2C1. The lowest BCUT2D eigenvalue weighted by Gasteiger charge is -2.27. The zero-order valence-corrected chi connectivity index (χ0v) is 13.9. The molecule has 0 radical (unpaired) electrons. The summed E-state index contributed by atoms with van der Waals surface area (Å²) >= 11 is 0. The van der Waals surface area contributed by atoms with Gasteiger partial charge in [0, 0.05) is 50.9 Å². The molecule has 8 heteroatoms. The van der Waals surface area contributed by atoms with E-state index in [2.05, 4.69) is 19.7 Å². The van der Waals surface area contributed by atoms with E-state index in [0.717, 1.165) is 25.3 Å². The van der Waals surface area contributed by atoms with E-state index >= 15 is 0 Å². The predicted octanol–water partition coefficient (Wildman–Crippen LogP) is 0.568. The second-order valence-corrected chi connectivity index (χ2v) is 6.62. The lowest BCUT2D eigenvalue weighted by atomic mass is 10.1. The first-order chi connectivity index (χ1) is 12.2. The molecule has 1 unspecified atom stereocenters. The van der Waals surface area contributed by atoms with Crippen LogP contribution in [0.1, 0.15) is 29.0 Å². The first-order valence-electron chi connectivity index (χ1n) is 8.54. The van der Waals surface area contributed by atoms with Crippen molar-refractivity contribution in [3.8, 4) is 0 Å². The van der Waals surface area contributed by atoms with Crippen LogP contribution in [0.15, 0.2) is 30.9 Å². The molecule has 1 atom stereocenters. The van der Waals surface area contributed by atoms with E-state index in [4.69, 9.17) is 0 Å². The average Bonchev–Trinajstić information content (AvgIpc) is 3.19. The molecule has 2 amide bonds. The fourth-order valence-corrected chi connectivity index (χ4v) is 3.62. The molecule has 130 valence electrons. The summed E-state index contributed by atoms with van der Waals surface area (Å²) < 4.78 is 2.09. The highest BCUT2D eigenvalue weighted by molar-refractivity contribution is 5.93. The fourth-order valence-electron chi connectivity index (χ4n) is 3.62. The zero-order chi connectivity index (χ0) is 17.2. The van der Waals surface area contributed by atoms with Crippen molar-refractivity contribution in [2.45, 2.75) is 25.9 Å². The minimum absolute atomic E-state index is 0.0795. The lowest BCUT2D eigenvalue weighted by Crippen LogP contribution is -2.39. The van der Waals surface area contributed by atoms with Gasteiger partial charge in [-0.15, -0.1) is 0 Å². The Kier molecular flexibility index (Phi) is 4.17. The van der Waals surface area contributed by atoms with Crippen LogP contribution < -0.4 is 0 Å². The molecule has 1 fully saturated rings. The smallest absolute Gasteiger partial charge is 0.255 e. The monoisotopic (exact) mass is 340 g/mol. The van der Waals surface area contributed by atoms with Gasteiger partial charge in [0.25, 0.3) is 5.91 Å². The standard InChI is InChI=1S/C17H20N6O2/c24-16-2-1-6-22(16)10-13-9-21-7-5-18-15(21)12-23(11-13)17(25)14-3-4-19-20-8-14/h3-5,7-8,13H,1-2,6,9-12H2. The van der Waals surface area contributed by atoms with Crippen molar-refractivity contribution in [1.82, 2.24) is 29.5 Å². The Morgan fingerprint density at radius 1 is 1.24 bits per heavy atom. The molecule has 0 saturated carbocycles. The third kappa shape index (κ3) is 3.24. The minimum Gasteiger partial charge on any atom is -0.342 e. The molecule has 0 bridgehead atoms.